The van der Waals surface area contributed by atoms with Crippen molar-refractivity contribution in [2.75, 3.05) is 20.2 Å². The number of aromatic nitrogens is 2. The van der Waals surface area contributed by atoms with Gasteiger partial charge >= 0.3 is 6.18 Å². The van der Waals surface area contributed by atoms with Crippen LogP contribution in [0.5, 0.6) is 5.75 Å². The first kappa shape index (κ1) is 26.1. The zero-order valence-corrected chi connectivity index (χ0v) is 19.9. The Morgan fingerprint density at radius 3 is 2.37 bits per heavy atom. The fraction of sp³-hybridized carbons (Fsp3) is 0.167. The van der Waals surface area contributed by atoms with Crippen LogP contribution < -0.4 is 4.74 Å². The average molecular weight is 518 g/mol. The van der Waals surface area contributed by atoms with Gasteiger partial charge in [0.1, 0.15) is 28.0 Å². The number of terminal acetylenes is 2. The highest BCUT2D eigenvalue weighted by Gasteiger charge is 2.30. The van der Waals surface area contributed by atoms with E-state index in [0.29, 0.717) is 21.2 Å². The Hall–Kier alpha value is -3.51. The molecule has 0 fully saturated rings. The van der Waals surface area contributed by atoms with Crippen LogP contribution in [-0.2, 0) is 16.2 Å². The fourth-order valence-electron chi connectivity index (χ4n) is 2.90. The molecule has 0 aliphatic heterocycles. The van der Waals surface area contributed by atoms with Crippen molar-refractivity contribution in [1.82, 2.24) is 14.3 Å². The van der Waals surface area contributed by atoms with Crippen LogP contribution in [0.25, 0.3) is 11.3 Å². The lowest BCUT2D eigenvalue weighted by molar-refractivity contribution is -0.137. The Balaban J connectivity index is 2.05. The van der Waals surface area contributed by atoms with Gasteiger partial charge < -0.3 is 4.74 Å². The molecule has 11 heteroatoms. The van der Waals surface area contributed by atoms with E-state index in [1.165, 1.54) is 43.7 Å². The molecule has 0 spiro atoms. The summed E-state index contributed by atoms with van der Waals surface area (Å²) in [4.78, 5) is 8.93. The third-order valence-electron chi connectivity index (χ3n) is 4.59. The Bertz CT molecular complexity index is 1390. The van der Waals surface area contributed by atoms with Gasteiger partial charge in [0.05, 0.1) is 12.1 Å². The van der Waals surface area contributed by atoms with Crippen molar-refractivity contribution in [2.24, 2.45) is 0 Å². The molecule has 0 aliphatic carbocycles. The molecule has 2 aromatic carbocycles. The number of halogens is 3. The maximum atomic E-state index is 13.1. The van der Waals surface area contributed by atoms with Crippen molar-refractivity contribution in [3.63, 3.8) is 0 Å². The van der Waals surface area contributed by atoms with Crippen LogP contribution in [0.15, 0.2) is 69.7 Å². The van der Waals surface area contributed by atoms with E-state index >= 15 is 0 Å². The minimum atomic E-state index is -4.45. The fourth-order valence-corrected chi connectivity index (χ4v) is 5.01. The van der Waals surface area contributed by atoms with Crippen LogP contribution in [0.4, 0.5) is 13.2 Å². The van der Waals surface area contributed by atoms with E-state index in [2.05, 4.69) is 21.8 Å². The molecule has 35 heavy (non-hydrogen) atoms. The zero-order chi connectivity index (χ0) is 25.6. The van der Waals surface area contributed by atoms with Crippen molar-refractivity contribution >= 4 is 21.8 Å². The predicted molar refractivity (Wildman–Crippen MR) is 126 cm³/mol. The van der Waals surface area contributed by atoms with Gasteiger partial charge in [-0.3, -0.25) is 4.98 Å². The summed E-state index contributed by atoms with van der Waals surface area (Å²) in [6.45, 7) is -0.317. The maximum absolute atomic E-state index is 13.1. The Morgan fingerprint density at radius 2 is 1.74 bits per heavy atom. The second-order valence-electron chi connectivity index (χ2n) is 6.95. The summed E-state index contributed by atoms with van der Waals surface area (Å²) < 4.78 is 71.3. The molecular formula is C24H18F3N3O3S2. The van der Waals surface area contributed by atoms with Gasteiger partial charge in [0.2, 0.25) is 10.0 Å². The molecule has 6 nitrogen and oxygen atoms in total. The maximum Gasteiger partial charge on any atom is 0.416 e. The van der Waals surface area contributed by atoms with Gasteiger partial charge in [-0.1, -0.05) is 23.6 Å². The summed E-state index contributed by atoms with van der Waals surface area (Å²) in [7, 11) is -2.71. The van der Waals surface area contributed by atoms with Crippen molar-refractivity contribution < 1.29 is 26.3 Å². The van der Waals surface area contributed by atoms with Gasteiger partial charge in [-0.25, -0.2) is 13.4 Å². The molecule has 0 saturated carbocycles. The molecule has 0 N–H and O–H groups in total. The first-order valence-electron chi connectivity index (χ1n) is 9.84. The Morgan fingerprint density at radius 1 is 1.06 bits per heavy atom. The minimum Gasteiger partial charge on any atom is -0.480 e. The summed E-state index contributed by atoms with van der Waals surface area (Å²) in [5, 5.41) is 0.366. The van der Waals surface area contributed by atoms with Crippen LogP contribution in [0, 0.1) is 24.7 Å². The van der Waals surface area contributed by atoms with Gasteiger partial charge in [0, 0.05) is 29.9 Å². The number of hydrogen-bond donors (Lipinski definition) is 0. The van der Waals surface area contributed by atoms with Crippen LogP contribution in [0.3, 0.4) is 0 Å². The lowest BCUT2D eigenvalue weighted by atomic mass is 10.1. The predicted octanol–water partition coefficient (Wildman–Crippen LogP) is 4.58. The topological polar surface area (TPSA) is 72.4 Å². The van der Waals surface area contributed by atoms with Crippen molar-refractivity contribution in [1.29, 1.82) is 0 Å². The Kier molecular flexibility index (Phi) is 8.07. The molecule has 0 aliphatic rings. The highest BCUT2D eigenvalue weighted by molar-refractivity contribution is 7.99. The Labute approximate surface area is 205 Å². The van der Waals surface area contributed by atoms with Crippen molar-refractivity contribution in [3.8, 4) is 41.7 Å². The van der Waals surface area contributed by atoms with E-state index in [1.54, 1.807) is 6.07 Å². The monoisotopic (exact) mass is 517 g/mol. The molecule has 0 radical (unpaired) electrons. The van der Waals surface area contributed by atoms with E-state index in [4.69, 9.17) is 17.6 Å². The highest BCUT2D eigenvalue weighted by atomic mass is 32.2. The first-order valence-corrected chi connectivity index (χ1v) is 12.1. The normalized spacial score (nSPS) is 11.6. The van der Waals surface area contributed by atoms with E-state index in [1.807, 2.05) is 0 Å². The van der Waals surface area contributed by atoms with E-state index in [9.17, 15) is 21.6 Å². The number of hydrogen-bond acceptors (Lipinski definition) is 6. The molecule has 0 amide bonds. The second kappa shape index (κ2) is 10.8. The van der Waals surface area contributed by atoms with Crippen LogP contribution in [0.2, 0.25) is 0 Å². The van der Waals surface area contributed by atoms with Crippen molar-refractivity contribution in [3.05, 3.63) is 60.4 Å². The molecule has 3 aromatic rings. The number of sulfonamides is 1. The van der Waals surface area contributed by atoms with E-state index < -0.39 is 21.8 Å². The molecule has 3 rings (SSSR count). The third kappa shape index (κ3) is 6.14. The third-order valence-corrected chi connectivity index (χ3v) is 7.42. The number of benzene rings is 2. The number of rotatable bonds is 8. The van der Waals surface area contributed by atoms with E-state index in [0.717, 1.165) is 28.2 Å². The SMILES string of the molecule is C#CCOc1ccc(-c2nccnc2Sc2ccc(C(F)(F)F)cc2)cc1S(=O)(=O)N(C)CC#C. The summed E-state index contributed by atoms with van der Waals surface area (Å²) in [5.74, 6) is 4.60. The molecule has 1 heterocycles. The van der Waals surface area contributed by atoms with Gasteiger partial charge in [-0.05, 0) is 42.5 Å². The largest absolute Gasteiger partial charge is 0.480 e. The highest BCUT2D eigenvalue weighted by Crippen LogP contribution is 2.37. The molecule has 0 bridgehead atoms. The van der Waals surface area contributed by atoms with Crippen molar-refractivity contribution in [2.45, 2.75) is 21.0 Å². The molecule has 0 unspecified atom stereocenters. The van der Waals surface area contributed by atoms with Gasteiger partial charge in [0.15, 0.2) is 0 Å². The first-order chi connectivity index (χ1) is 16.6. The molecular weight excluding hydrogens is 499 g/mol. The van der Waals surface area contributed by atoms with Crippen LogP contribution >= 0.6 is 11.8 Å². The summed E-state index contributed by atoms with van der Waals surface area (Å²) >= 11 is 1.09. The standard InChI is InChI=1S/C24H18F3N3O3S2/c1-4-14-30(3)35(31,32)21-16-17(6-11-20(21)33-15-5-2)22-23(29-13-12-28-22)34-19-9-7-18(8-10-19)24(25,26)27/h1-2,6-13,16H,14-15H2,3H3. The minimum absolute atomic E-state index is 0.0383. The van der Waals surface area contributed by atoms with Crippen LogP contribution in [0.1, 0.15) is 5.56 Å². The van der Waals surface area contributed by atoms with Crippen LogP contribution in [-0.4, -0.2) is 42.9 Å². The number of alkyl halides is 3. The lowest BCUT2D eigenvalue weighted by Gasteiger charge is -2.18. The average Bonchev–Trinajstić information content (AvgIpc) is 2.83. The smallest absolute Gasteiger partial charge is 0.416 e. The summed E-state index contributed by atoms with van der Waals surface area (Å²) in [5.41, 5.74) is -0.0417. The quantitative estimate of drug-likeness (QED) is 0.408. The molecule has 180 valence electrons. The number of ether oxygens (including phenoxy) is 1. The van der Waals surface area contributed by atoms with Gasteiger partial charge in [-0.2, -0.15) is 17.5 Å². The van der Waals surface area contributed by atoms with Gasteiger partial charge in [0.25, 0.3) is 0 Å². The molecule has 0 saturated heterocycles. The molecule has 0 atom stereocenters. The summed E-state index contributed by atoms with van der Waals surface area (Å²) in [6.07, 6.45) is 8.93. The zero-order valence-electron chi connectivity index (χ0n) is 18.3. The summed E-state index contributed by atoms with van der Waals surface area (Å²) in [6, 6.07) is 9.01. The number of nitrogens with zero attached hydrogens (tertiary/aromatic N) is 3. The molecule has 1 aromatic heterocycles. The lowest BCUT2D eigenvalue weighted by Crippen LogP contribution is -2.27. The van der Waals surface area contributed by atoms with Gasteiger partial charge in [-0.15, -0.1) is 12.8 Å². The second-order valence-corrected chi connectivity index (χ2v) is 10.0. The van der Waals surface area contributed by atoms with E-state index in [-0.39, 0.29) is 23.8 Å².